The van der Waals surface area contributed by atoms with Crippen molar-refractivity contribution < 1.29 is 5.11 Å². The number of aliphatic hydroxyl groups excluding tert-OH is 1. The predicted octanol–water partition coefficient (Wildman–Crippen LogP) is 0.795. The molecule has 0 bridgehead atoms. The first kappa shape index (κ1) is 10.6. The molecule has 1 aromatic heterocycles. The Balaban J connectivity index is 2.07. The Kier molecular flexibility index (Phi) is 3.07. The third kappa shape index (κ3) is 2.21. The number of aryl methyl sites for hydroxylation is 1. The Morgan fingerprint density at radius 3 is 2.93 bits per heavy atom. The van der Waals surface area contributed by atoms with E-state index < -0.39 is 0 Å². The molecule has 15 heavy (non-hydrogen) atoms. The van der Waals surface area contributed by atoms with Gasteiger partial charge in [0, 0.05) is 25.7 Å². The van der Waals surface area contributed by atoms with Gasteiger partial charge in [0.05, 0.1) is 11.8 Å². The molecule has 1 saturated heterocycles. The number of nitrogens with zero attached hydrogens (tertiary/aromatic N) is 3. The molecule has 0 amide bonds. The van der Waals surface area contributed by atoms with Gasteiger partial charge in [-0.1, -0.05) is 0 Å². The van der Waals surface area contributed by atoms with E-state index in [1.807, 2.05) is 13.1 Å². The summed E-state index contributed by atoms with van der Waals surface area (Å²) in [5, 5.41) is 14.3. The second-order valence-corrected chi connectivity index (χ2v) is 4.49. The summed E-state index contributed by atoms with van der Waals surface area (Å²) < 4.78 is 1.76. The lowest BCUT2D eigenvalue weighted by molar-refractivity contribution is 0.0536. The molecule has 0 unspecified atom stereocenters. The van der Waals surface area contributed by atoms with Crippen LogP contribution in [0.1, 0.15) is 24.6 Å². The summed E-state index contributed by atoms with van der Waals surface area (Å²) in [6, 6.07) is 1.90. The number of hydrogen-bond acceptors (Lipinski definition) is 3. The molecule has 2 rings (SSSR count). The number of piperidine rings is 1. The lowest BCUT2D eigenvalue weighted by atomic mass is 9.91. The van der Waals surface area contributed by atoms with E-state index >= 15 is 0 Å². The number of hydrogen-bond donors (Lipinski definition) is 1. The fourth-order valence-electron chi connectivity index (χ4n) is 2.38. The SMILES string of the molecule is CN1CCC[C@@H]([C@@H](O)c2ccnn2C)C1. The highest BCUT2D eigenvalue weighted by Gasteiger charge is 2.26. The van der Waals surface area contributed by atoms with E-state index in [0.717, 1.165) is 25.2 Å². The van der Waals surface area contributed by atoms with Gasteiger partial charge in [-0.25, -0.2) is 0 Å². The molecule has 84 valence electrons. The monoisotopic (exact) mass is 209 g/mol. The summed E-state index contributed by atoms with van der Waals surface area (Å²) in [6.07, 6.45) is 3.65. The van der Waals surface area contributed by atoms with Crippen molar-refractivity contribution in [1.82, 2.24) is 14.7 Å². The quantitative estimate of drug-likeness (QED) is 0.783. The van der Waals surface area contributed by atoms with Crippen LogP contribution in [0.5, 0.6) is 0 Å². The minimum atomic E-state index is -0.375. The van der Waals surface area contributed by atoms with Crippen LogP contribution in [0.2, 0.25) is 0 Å². The molecule has 0 radical (unpaired) electrons. The normalized spacial score (nSPS) is 25.4. The third-order valence-corrected chi connectivity index (χ3v) is 3.27. The first-order chi connectivity index (χ1) is 7.18. The number of aromatic nitrogens is 2. The van der Waals surface area contributed by atoms with Crippen molar-refractivity contribution in [3.63, 3.8) is 0 Å². The first-order valence-corrected chi connectivity index (χ1v) is 5.53. The Hall–Kier alpha value is -0.870. The van der Waals surface area contributed by atoms with Crippen molar-refractivity contribution >= 4 is 0 Å². The van der Waals surface area contributed by atoms with Gasteiger partial charge in [0.2, 0.25) is 0 Å². The molecule has 2 heterocycles. The highest BCUT2D eigenvalue weighted by Crippen LogP contribution is 2.28. The number of rotatable bonds is 2. The van der Waals surface area contributed by atoms with Crippen LogP contribution in [0.3, 0.4) is 0 Å². The van der Waals surface area contributed by atoms with Crippen LogP contribution in [0.15, 0.2) is 12.3 Å². The van der Waals surface area contributed by atoms with Crippen LogP contribution < -0.4 is 0 Å². The summed E-state index contributed by atoms with van der Waals surface area (Å²) in [7, 11) is 3.99. The van der Waals surface area contributed by atoms with Gasteiger partial charge < -0.3 is 10.0 Å². The molecule has 4 nitrogen and oxygen atoms in total. The molecular formula is C11H19N3O. The maximum atomic E-state index is 10.2. The summed E-state index contributed by atoms with van der Waals surface area (Å²) in [6.45, 7) is 2.13. The van der Waals surface area contributed by atoms with Gasteiger partial charge in [0.15, 0.2) is 0 Å². The minimum Gasteiger partial charge on any atom is -0.386 e. The molecule has 1 fully saturated rings. The van der Waals surface area contributed by atoms with E-state index in [1.165, 1.54) is 6.42 Å². The van der Waals surface area contributed by atoms with Gasteiger partial charge in [-0.15, -0.1) is 0 Å². The smallest absolute Gasteiger partial charge is 0.0996 e. The Bertz CT molecular complexity index is 323. The third-order valence-electron chi connectivity index (χ3n) is 3.27. The van der Waals surface area contributed by atoms with E-state index in [9.17, 15) is 5.11 Å². The van der Waals surface area contributed by atoms with E-state index in [4.69, 9.17) is 0 Å². The summed E-state index contributed by atoms with van der Waals surface area (Å²) in [5.41, 5.74) is 0.926. The Morgan fingerprint density at radius 2 is 2.33 bits per heavy atom. The van der Waals surface area contributed by atoms with E-state index in [0.29, 0.717) is 5.92 Å². The summed E-state index contributed by atoms with van der Waals surface area (Å²) in [5.74, 6) is 0.346. The topological polar surface area (TPSA) is 41.3 Å². The predicted molar refractivity (Wildman–Crippen MR) is 58.4 cm³/mol. The molecule has 0 saturated carbocycles. The first-order valence-electron chi connectivity index (χ1n) is 5.53. The maximum Gasteiger partial charge on any atom is 0.0996 e. The molecule has 0 aromatic carbocycles. The standard InChI is InChI=1S/C11H19N3O/c1-13-7-3-4-9(8-13)11(15)10-5-6-12-14(10)2/h5-6,9,11,15H,3-4,7-8H2,1-2H3/t9-,11-/m1/s1. The van der Waals surface area contributed by atoms with Gasteiger partial charge in [0.25, 0.3) is 0 Å². The van der Waals surface area contributed by atoms with E-state index in [2.05, 4.69) is 17.0 Å². The molecular weight excluding hydrogens is 190 g/mol. The summed E-state index contributed by atoms with van der Waals surface area (Å²) >= 11 is 0. The van der Waals surface area contributed by atoms with Crippen molar-refractivity contribution in [1.29, 1.82) is 0 Å². The van der Waals surface area contributed by atoms with Crippen molar-refractivity contribution in [2.75, 3.05) is 20.1 Å². The molecule has 1 N–H and O–H groups in total. The molecule has 0 spiro atoms. The van der Waals surface area contributed by atoms with Gasteiger partial charge in [0.1, 0.15) is 0 Å². The number of likely N-dealkylation sites (tertiary alicyclic amines) is 1. The highest BCUT2D eigenvalue weighted by molar-refractivity contribution is 5.06. The van der Waals surface area contributed by atoms with Crippen molar-refractivity contribution in [3.05, 3.63) is 18.0 Å². The van der Waals surface area contributed by atoms with E-state index in [-0.39, 0.29) is 6.10 Å². The van der Waals surface area contributed by atoms with Gasteiger partial charge in [-0.05, 0) is 32.5 Å². The van der Waals surface area contributed by atoms with Crippen molar-refractivity contribution in [2.24, 2.45) is 13.0 Å². The van der Waals surface area contributed by atoms with Gasteiger partial charge >= 0.3 is 0 Å². The van der Waals surface area contributed by atoms with Gasteiger partial charge in [-0.3, -0.25) is 4.68 Å². The highest BCUT2D eigenvalue weighted by atomic mass is 16.3. The molecule has 0 aliphatic carbocycles. The lowest BCUT2D eigenvalue weighted by Gasteiger charge is -2.32. The van der Waals surface area contributed by atoms with Crippen molar-refractivity contribution in [2.45, 2.75) is 18.9 Å². The number of aliphatic hydroxyl groups is 1. The van der Waals surface area contributed by atoms with E-state index in [1.54, 1.807) is 10.9 Å². The molecule has 1 aliphatic rings. The zero-order chi connectivity index (χ0) is 10.8. The zero-order valence-electron chi connectivity index (χ0n) is 9.43. The van der Waals surface area contributed by atoms with Crippen LogP contribution in [0.25, 0.3) is 0 Å². The Labute approximate surface area is 90.5 Å². The van der Waals surface area contributed by atoms with Crippen LogP contribution >= 0.6 is 0 Å². The molecule has 1 aliphatic heterocycles. The van der Waals surface area contributed by atoms with Gasteiger partial charge in [-0.2, -0.15) is 5.10 Å². The summed E-state index contributed by atoms with van der Waals surface area (Å²) in [4.78, 5) is 2.29. The zero-order valence-corrected chi connectivity index (χ0v) is 9.43. The Morgan fingerprint density at radius 1 is 1.53 bits per heavy atom. The largest absolute Gasteiger partial charge is 0.386 e. The lowest BCUT2D eigenvalue weighted by Crippen LogP contribution is -2.35. The molecule has 1 aromatic rings. The second kappa shape index (κ2) is 4.33. The fraction of sp³-hybridized carbons (Fsp3) is 0.727. The second-order valence-electron chi connectivity index (χ2n) is 4.49. The minimum absolute atomic E-state index is 0.346. The van der Waals surface area contributed by atoms with Crippen LogP contribution in [-0.4, -0.2) is 39.9 Å². The van der Waals surface area contributed by atoms with Crippen LogP contribution in [-0.2, 0) is 7.05 Å². The maximum absolute atomic E-state index is 10.2. The molecule has 2 atom stereocenters. The van der Waals surface area contributed by atoms with Crippen molar-refractivity contribution in [3.8, 4) is 0 Å². The van der Waals surface area contributed by atoms with Crippen LogP contribution in [0, 0.1) is 5.92 Å². The average molecular weight is 209 g/mol. The van der Waals surface area contributed by atoms with Crippen LogP contribution in [0.4, 0.5) is 0 Å². The average Bonchev–Trinajstić information content (AvgIpc) is 2.63. The molecule has 4 heteroatoms. The fourth-order valence-corrected chi connectivity index (χ4v) is 2.38.